The highest BCUT2D eigenvalue weighted by atomic mass is 32.2. The average molecular weight is 673 g/mol. The van der Waals surface area contributed by atoms with Crippen molar-refractivity contribution >= 4 is 33.2 Å². The molecule has 0 fully saturated rings. The highest BCUT2D eigenvalue weighted by Crippen LogP contribution is 2.30. The highest BCUT2D eigenvalue weighted by Gasteiger charge is 2.35. The molecule has 12 heteroatoms. The summed E-state index contributed by atoms with van der Waals surface area (Å²) in [5, 5.41) is 14.6. The van der Waals surface area contributed by atoms with E-state index in [0.717, 1.165) is 27.1 Å². The zero-order valence-electron chi connectivity index (χ0n) is 27.6. The van der Waals surface area contributed by atoms with Crippen LogP contribution in [0.3, 0.4) is 0 Å². The minimum atomic E-state index is -4.54. The number of aryl methyl sites for hydroxylation is 2. The Morgan fingerprint density at radius 2 is 1.54 bits per heavy atom. The number of sulfonamides is 1. The van der Waals surface area contributed by atoms with Gasteiger partial charge in [-0.1, -0.05) is 66.2 Å². The Kier molecular flexibility index (Phi) is 11.6. The van der Waals surface area contributed by atoms with E-state index < -0.39 is 33.4 Å². The number of hydrogen-bond acceptors (Lipinski definition) is 7. The summed E-state index contributed by atoms with van der Waals surface area (Å²) in [6.45, 7) is 6.42. The van der Waals surface area contributed by atoms with Gasteiger partial charge in [0.1, 0.15) is 18.3 Å². The van der Waals surface area contributed by atoms with Crippen LogP contribution in [-0.2, 0) is 32.6 Å². The van der Waals surface area contributed by atoms with Gasteiger partial charge in [0, 0.05) is 30.6 Å². The third-order valence-corrected chi connectivity index (χ3v) is 9.55. The number of nitro groups is 1. The van der Waals surface area contributed by atoms with Crippen molar-refractivity contribution in [3.63, 3.8) is 0 Å². The lowest BCUT2D eigenvalue weighted by atomic mass is 10.0. The summed E-state index contributed by atoms with van der Waals surface area (Å²) in [5.74, 6) is -0.568. The molecule has 0 spiro atoms. The third kappa shape index (κ3) is 8.77. The number of methoxy groups -OCH3 is 1. The van der Waals surface area contributed by atoms with Gasteiger partial charge in [-0.05, 0) is 69.2 Å². The van der Waals surface area contributed by atoms with Crippen molar-refractivity contribution in [3.8, 4) is 5.75 Å². The number of anilines is 1. The molecule has 48 heavy (non-hydrogen) atoms. The maximum Gasteiger partial charge on any atom is 0.273 e. The molecule has 0 bridgehead atoms. The topological polar surface area (TPSA) is 139 Å². The van der Waals surface area contributed by atoms with Gasteiger partial charge in [-0.3, -0.25) is 24.0 Å². The van der Waals surface area contributed by atoms with Gasteiger partial charge in [0.15, 0.2) is 0 Å². The summed E-state index contributed by atoms with van der Waals surface area (Å²) >= 11 is 0. The van der Waals surface area contributed by atoms with Crippen LogP contribution in [0.4, 0.5) is 11.4 Å². The molecule has 0 aliphatic carbocycles. The molecule has 0 heterocycles. The average Bonchev–Trinajstić information content (AvgIpc) is 3.06. The van der Waals surface area contributed by atoms with Crippen molar-refractivity contribution in [2.75, 3.05) is 18.0 Å². The van der Waals surface area contributed by atoms with Crippen LogP contribution in [0, 0.1) is 24.0 Å². The first-order chi connectivity index (χ1) is 22.8. The predicted molar refractivity (Wildman–Crippen MR) is 184 cm³/mol. The van der Waals surface area contributed by atoms with E-state index in [-0.39, 0.29) is 46.7 Å². The Morgan fingerprint density at radius 3 is 2.12 bits per heavy atom. The zero-order chi connectivity index (χ0) is 35.0. The summed E-state index contributed by atoms with van der Waals surface area (Å²) in [6, 6.07) is 25.3. The molecular formula is C36H40N4O7S. The maximum atomic E-state index is 14.6. The number of ether oxygens (including phenoxy) is 1. The Balaban J connectivity index is 1.84. The van der Waals surface area contributed by atoms with Crippen LogP contribution in [-0.4, -0.2) is 55.8 Å². The van der Waals surface area contributed by atoms with Crippen molar-refractivity contribution in [2.45, 2.75) is 57.6 Å². The molecule has 1 N–H and O–H groups in total. The SMILES string of the molecule is COc1ccc(N(CC(=O)N(Cc2ccc(C)cc2)[C@@H](Cc2ccccc2)C(=O)NC(C)C)S(=O)(=O)c2ccc(C)c([N+](=O)[O-])c2)cc1. The van der Waals surface area contributed by atoms with Crippen LogP contribution in [0.2, 0.25) is 0 Å². The molecule has 1 atom stereocenters. The number of benzene rings is 4. The third-order valence-electron chi connectivity index (χ3n) is 7.78. The van der Waals surface area contributed by atoms with Crippen LogP contribution in [0.25, 0.3) is 0 Å². The lowest BCUT2D eigenvalue weighted by Gasteiger charge is -2.34. The van der Waals surface area contributed by atoms with Gasteiger partial charge in [-0.2, -0.15) is 0 Å². The number of amides is 2. The molecule has 0 aliphatic rings. The van der Waals surface area contributed by atoms with Gasteiger partial charge in [-0.15, -0.1) is 0 Å². The number of carbonyl (C=O) groups excluding carboxylic acids is 2. The Labute approximate surface area is 281 Å². The van der Waals surface area contributed by atoms with E-state index in [0.29, 0.717) is 5.75 Å². The predicted octanol–water partition coefficient (Wildman–Crippen LogP) is 5.58. The van der Waals surface area contributed by atoms with Gasteiger partial charge in [0.25, 0.3) is 15.7 Å². The number of rotatable bonds is 14. The molecule has 0 unspecified atom stereocenters. The van der Waals surface area contributed by atoms with Crippen molar-refractivity contribution in [3.05, 3.63) is 129 Å². The minimum Gasteiger partial charge on any atom is -0.497 e. The first kappa shape index (κ1) is 35.6. The van der Waals surface area contributed by atoms with E-state index in [4.69, 9.17) is 4.74 Å². The monoisotopic (exact) mass is 672 g/mol. The second-order valence-corrected chi connectivity index (χ2v) is 13.7. The molecule has 0 saturated carbocycles. The fraction of sp³-hybridized carbons (Fsp3) is 0.278. The van der Waals surface area contributed by atoms with E-state index in [1.54, 1.807) is 12.1 Å². The molecule has 252 valence electrons. The van der Waals surface area contributed by atoms with E-state index in [1.165, 1.54) is 43.2 Å². The molecule has 0 aromatic heterocycles. The fourth-order valence-electron chi connectivity index (χ4n) is 5.18. The van der Waals surface area contributed by atoms with Crippen molar-refractivity contribution in [1.82, 2.24) is 10.2 Å². The van der Waals surface area contributed by atoms with Crippen LogP contribution in [0.15, 0.2) is 102 Å². The normalized spacial score (nSPS) is 11.9. The van der Waals surface area contributed by atoms with Crippen molar-refractivity contribution in [2.24, 2.45) is 0 Å². The summed E-state index contributed by atoms with van der Waals surface area (Å²) in [4.78, 5) is 40.5. The molecule has 0 radical (unpaired) electrons. The Morgan fingerprint density at radius 1 is 0.896 bits per heavy atom. The van der Waals surface area contributed by atoms with Crippen LogP contribution < -0.4 is 14.4 Å². The molecule has 4 aromatic rings. The number of carbonyl (C=O) groups is 2. The summed E-state index contributed by atoms with van der Waals surface area (Å²) < 4.78 is 34.7. The molecule has 4 aromatic carbocycles. The summed E-state index contributed by atoms with van der Waals surface area (Å²) in [5.41, 5.74) is 2.63. The second-order valence-electron chi connectivity index (χ2n) is 11.8. The lowest BCUT2D eigenvalue weighted by molar-refractivity contribution is -0.385. The van der Waals surface area contributed by atoms with Gasteiger partial charge in [-0.25, -0.2) is 8.42 Å². The molecule has 0 saturated heterocycles. The minimum absolute atomic E-state index is 0.0225. The van der Waals surface area contributed by atoms with E-state index in [2.05, 4.69) is 5.32 Å². The smallest absolute Gasteiger partial charge is 0.273 e. The summed E-state index contributed by atoms with van der Waals surface area (Å²) in [7, 11) is -3.07. The fourth-order valence-corrected chi connectivity index (χ4v) is 6.61. The lowest BCUT2D eigenvalue weighted by Crippen LogP contribution is -2.54. The van der Waals surface area contributed by atoms with Gasteiger partial charge in [0.2, 0.25) is 11.8 Å². The standard InChI is InChI=1S/C36H40N4O7S/c1-25(2)37-36(42)34(21-28-9-7-6-8-10-28)38(23-29-14-11-26(3)12-15-29)35(41)24-39(30-16-18-31(47-5)19-17-30)48(45,46)32-20-13-27(4)33(22-32)40(43)44/h6-20,22,25,34H,21,23-24H2,1-5H3,(H,37,42)/t34-/m0/s1. The van der Waals surface area contributed by atoms with Gasteiger partial charge in [0.05, 0.1) is 22.6 Å². The van der Waals surface area contributed by atoms with Crippen molar-refractivity contribution < 1.29 is 27.7 Å². The van der Waals surface area contributed by atoms with Gasteiger partial charge >= 0.3 is 0 Å². The number of nitrogens with zero attached hydrogens (tertiary/aromatic N) is 3. The van der Waals surface area contributed by atoms with E-state index in [9.17, 15) is 28.1 Å². The van der Waals surface area contributed by atoms with Gasteiger partial charge < -0.3 is 15.0 Å². The molecule has 0 aliphatic heterocycles. The highest BCUT2D eigenvalue weighted by molar-refractivity contribution is 7.92. The zero-order valence-corrected chi connectivity index (χ0v) is 28.4. The number of hydrogen-bond donors (Lipinski definition) is 1. The maximum absolute atomic E-state index is 14.6. The largest absolute Gasteiger partial charge is 0.497 e. The number of nitrogens with one attached hydrogen (secondary N) is 1. The Hall–Kier alpha value is -5.23. The Bertz CT molecular complexity index is 1850. The first-order valence-corrected chi connectivity index (χ1v) is 16.8. The van der Waals surface area contributed by atoms with E-state index in [1.807, 2.05) is 75.4 Å². The molecular weight excluding hydrogens is 632 g/mol. The van der Waals surface area contributed by atoms with Crippen LogP contribution >= 0.6 is 0 Å². The molecule has 2 amide bonds. The number of nitro benzene ring substituents is 1. The molecule has 4 rings (SSSR count). The van der Waals surface area contributed by atoms with Crippen LogP contribution in [0.5, 0.6) is 5.75 Å². The van der Waals surface area contributed by atoms with E-state index >= 15 is 0 Å². The first-order valence-electron chi connectivity index (χ1n) is 15.4. The second kappa shape index (κ2) is 15.6. The molecule has 11 nitrogen and oxygen atoms in total. The van der Waals surface area contributed by atoms with Crippen LogP contribution in [0.1, 0.15) is 36.1 Å². The van der Waals surface area contributed by atoms with Crippen molar-refractivity contribution in [1.29, 1.82) is 0 Å². The summed E-state index contributed by atoms with van der Waals surface area (Å²) in [6.07, 6.45) is 0.177. The quantitative estimate of drug-likeness (QED) is 0.136.